The van der Waals surface area contributed by atoms with E-state index in [-0.39, 0.29) is 11.4 Å². The van der Waals surface area contributed by atoms with Crippen LogP contribution in [-0.4, -0.2) is 47.3 Å². The van der Waals surface area contributed by atoms with Gasteiger partial charge in [-0.3, -0.25) is 19.7 Å². The number of nitro benzene ring substituents is 1. The lowest BCUT2D eigenvalue weighted by molar-refractivity contribution is -0.384. The summed E-state index contributed by atoms with van der Waals surface area (Å²) in [5.41, 5.74) is 0.491. The first-order valence-electron chi connectivity index (χ1n) is 8.86. The molecule has 2 amide bonds. The van der Waals surface area contributed by atoms with Crippen LogP contribution in [-0.2, 0) is 9.59 Å². The molecule has 0 radical (unpaired) electrons. The van der Waals surface area contributed by atoms with Gasteiger partial charge in [-0.25, -0.2) is 0 Å². The summed E-state index contributed by atoms with van der Waals surface area (Å²) in [6.45, 7) is 8.46. The monoisotopic (exact) mass is 362 g/mol. The van der Waals surface area contributed by atoms with Crippen molar-refractivity contribution >= 4 is 23.2 Å². The highest BCUT2D eigenvalue weighted by atomic mass is 16.6. The normalized spacial score (nSPS) is 15.7. The standard InChI is InChI=1S/C18H26N4O4/c1-12(2)21-8-6-14(7-9-21)11-19-17(23)18(24)20-15-5-4-13(3)10-16(15)22(25)26/h4-5,10,12,14H,6-9,11H2,1-3H3,(H,19,23)(H,20,24). The maximum Gasteiger partial charge on any atom is 0.313 e. The van der Waals surface area contributed by atoms with E-state index in [0.29, 0.717) is 24.1 Å². The van der Waals surface area contributed by atoms with Gasteiger partial charge in [0.15, 0.2) is 0 Å². The van der Waals surface area contributed by atoms with Gasteiger partial charge in [0.2, 0.25) is 0 Å². The van der Waals surface area contributed by atoms with E-state index in [1.54, 1.807) is 13.0 Å². The number of rotatable bonds is 5. The van der Waals surface area contributed by atoms with Crippen LogP contribution in [0.3, 0.4) is 0 Å². The van der Waals surface area contributed by atoms with Crippen molar-refractivity contribution in [3.63, 3.8) is 0 Å². The Morgan fingerprint density at radius 1 is 1.27 bits per heavy atom. The van der Waals surface area contributed by atoms with Gasteiger partial charge in [-0.15, -0.1) is 0 Å². The molecule has 2 rings (SSSR count). The van der Waals surface area contributed by atoms with Gasteiger partial charge in [0.25, 0.3) is 5.69 Å². The smallest absolute Gasteiger partial charge is 0.313 e. The summed E-state index contributed by atoms with van der Waals surface area (Å²) in [5.74, 6) is -1.32. The minimum absolute atomic E-state index is 0.0194. The molecule has 1 aliphatic heterocycles. The Balaban J connectivity index is 1.85. The maximum atomic E-state index is 12.0. The van der Waals surface area contributed by atoms with Gasteiger partial charge in [-0.05, 0) is 64.3 Å². The number of hydrogen-bond acceptors (Lipinski definition) is 5. The van der Waals surface area contributed by atoms with E-state index >= 15 is 0 Å². The summed E-state index contributed by atoms with van der Waals surface area (Å²) in [4.78, 5) is 36.9. The summed E-state index contributed by atoms with van der Waals surface area (Å²) in [7, 11) is 0. The highest BCUT2D eigenvalue weighted by molar-refractivity contribution is 6.39. The van der Waals surface area contributed by atoms with Crippen molar-refractivity contribution in [2.75, 3.05) is 25.0 Å². The Bertz CT molecular complexity index is 682. The van der Waals surface area contributed by atoms with Crippen LogP contribution in [0.25, 0.3) is 0 Å². The molecule has 8 nitrogen and oxygen atoms in total. The second-order valence-electron chi connectivity index (χ2n) is 7.01. The second-order valence-corrected chi connectivity index (χ2v) is 7.01. The number of nitrogens with zero attached hydrogens (tertiary/aromatic N) is 2. The van der Waals surface area contributed by atoms with E-state index in [9.17, 15) is 19.7 Å². The number of benzene rings is 1. The lowest BCUT2D eigenvalue weighted by atomic mass is 9.96. The third-order valence-electron chi connectivity index (χ3n) is 4.74. The maximum absolute atomic E-state index is 12.0. The van der Waals surface area contributed by atoms with Crippen LogP contribution in [0, 0.1) is 23.0 Å². The van der Waals surface area contributed by atoms with Crippen molar-refractivity contribution in [2.24, 2.45) is 5.92 Å². The van der Waals surface area contributed by atoms with E-state index in [4.69, 9.17) is 0 Å². The molecular weight excluding hydrogens is 336 g/mol. The number of amides is 2. The van der Waals surface area contributed by atoms with E-state index in [1.807, 2.05) is 0 Å². The molecule has 0 bridgehead atoms. The fraction of sp³-hybridized carbons (Fsp3) is 0.556. The number of nitrogens with one attached hydrogen (secondary N) is 2. The van der Waals surface area contributed by atoms with Crippen LogP contribution in [0.15, 0.2) is 18.2 Å². The highest BCUT2D eigenvalue weighted by Crippen LogP contribution is 2.25. The molecule has 0 aromatic heterocycles. The van der Waals surface area contributed by atoms with Crippen molar-refractivity contribution in [2.45, 2.75) is 39.7 Å². The number of hydrogen-bond donors (Lipinski definition) is 2. The first-order valence-corrected chi connectivity index (χ1v) is 8.86. The lowest BCUT2D eigenvalue weighted by Gasteiger charge is -2.34. The minimum Gasteiger partial charge on any atom is -0.348 e. The highest BCUT2D eigenvalue weighted by Gasteiger charge is 2.23. The van der Waals surface area contributed by atoms with Gasteiger partial charge in [-0.2, -0.15) is 0 Å². The van der Waals surface area contributed by atoms with Crippen molar-refractivity contribution in [1.29, 1.82) is 0 Å². The molecular formula is C18H26N4O4. The molecule has 142 valence electrons. The average molecular weight is 362 g/mol. The largest absolute Gasteiger partial charge is 0.348 e. The van der Waals surface area contributed by atoms with Crippen LogP contribution in [0.2, 0.25) is 0 Å². The van der Waals surface area contributed by atoms with Gasteiger partial charge in [-0.1, -0.05) is 6.07 Å². The molecule has 1 aromatic rings. The number of anilines is 1. The predicted molar refractivity (Wildman–Crippen MR) is 98.9 cm³/mol. The van der Waals surface area contributed by atoms with E-state index in [1.165, 1.54) is 12.1 Å². The van der Waals surface area contributed by atoms with Crippen LogP contribution < -0.4 is 10.6 Å². The zero-order valence-electron chi connectivity index (χ0n) is 15.4. The Kier molecular flexibility index (Phi) is 6.68. The first-order chi connectivity index (χ1) is 12.3. The zero-order chi connectivity index (χ0) is 19.3. The van der Waals surface area contributed by atoms with Gasteiger partial charge in [0.1, 0.15) is 5.69 Å². The van der Waals surface area contributed by atoms with Crippen molar-refractivity contribution < 1.29 is 14.5 Å². The van der Waals surface area contributed by atoms with E-state index < -0.39 is 16.7 Å². The lowest BCUT2D eigenvalue weighted by Crippen LogP contribution is -2.43. The number of carbonyl (C=O) groups is 2. The predicted octanol–water partition coefficient (Wildman–Crippen LogP) is 2.08. The molecule has 0 atom stereocenters. The molecule has 0 unspecified atom stereocenters. The van der Waals surface area contributed by atoms with E-state index in [2.05, 4.69) is 29.4 Å². The first kappa shape index (κ1) is 19.8. The molecule has 2 N–H and O–H groups in total. The summed E-state index contributed by atoms with van der Waals surface area (Å²) >= 11 is 0. The quantitative estimate of drug-likeness (QED) is 0.474. The fourth-order valence-corrected chi connectivity index (χ4v) is 3.07. The average Bonchev–Trinajstić information content (AvgIpc) is 2.61. The Labute approximate surface area is 153 Å². The van der Waals surface area contributed by atoms with Gasteiger partial charge in [0.05, 0.1) is 4.92 Å². The van der Waals surface area contributed by atoms with Crippen LogP contribution in [0.1, 0.15) is 32.3 Å². The third-order valence-corrected chi connectivity index (χ3v) is 4.74. The molecule has 0 saturated carbocycles. The third kappa shape index (κ3) is 5.26. The SMILES string of the molecule is Cc1ccc(NC(=O)C(=O)NCC2CCN(C(C)C)CC2)c([N+](=O)[O-])c1. The van der Waals surface area contributed by atoms with Crippen LogP contribution in [0.5, 0.6) is 0 Å². The number of nitro groups is 1. The molecule has 1 aliphatic rings. The van der Waals surface area contributed by atoms with Crippen LogP contribution >= 0.6 is 0 Å². The Hall–Kier alpha value is -2.48. The Morgan fingerprint density at radius 3 is 2.50 bits per heavy atom. The number of likely N-dealkylation sites (tertiary alicyclic amines) is 1. The number of aryl methyl sites for hydroxylation is 1. The molecule has 8 heteroatoms. The second kappa shape index (κ2) is 8.75. The van der Waals surface area contributed by atoms with Gasteiger partial charge < -0.3 is 15.5 Å². The molecule has 1 fully saturated rings. The summed E-state index contributed by atoms with van der Waals surface area (Å²) < 4.78 is 0. The summed E-state index contributed by atoms with van der Waals surface area (Å²) in [5, 5.41) is 16.0. The molecule has 1 saturated heterocycles. The topological polar surface area (TPSA) is 105 Å². The van der Waals surface area contributed by atoms with Gasteiger partial charge in [0, 0.05) is 18.7 Å². The van der Waals surface area contributed by atoms with Crippen molar-refractivity contribution in [1.82, 2.24) is 10.2 Å². The molecule has 1 heterocycles. The van der Waals surface area contributed by atoms with Gasteiger partial charge >= 0.3 is 11.8 Å². The molecule has 26 heavy (non-hydrogen) atoms. The van der Waals surface area contributed by atoms with Crippen molar-refractivity contribution in [3.8, 4) is 0 Å². The fourth-order valence-electron chi connectivity index (χ4n) is 3.07. The number of carbonyl (C=O) groups excluding carboxylic acids is 2. The molecule has 1 aromatic carbocycles. The minimum atomic E-state index is -0.892. The zero-order valence-corrected chi connectivity index (χ0v) is 15.4. The molecule has 0 aliphatic carbocycles. The Morgan fingerprint density at radius 2 is 1.92 bits per heavy atom. The molecule has 0 spiro atoms. The number of piperidine rings is 1. The summed E-state index contributed by atoms with van der Waals surface area (Å²) in [6.07, 6.45) is 1.95. The van der Waals surface area contributed by atoms with Crippen LogP contribution in [0.4, 0.5) is 11.4 Å². The summed E-state index contributed by atoms with van der Waals surface area (Å²) in [6, 6.07) is 4.95. The van der Waals surface area contributed by atoms with Crippen molar-refractivity contribution in [3.05, 3.63) is 33.9 Å². The van der Waals surface area contributed by atoms with E-state index in [0.717, 1.165) is 25.9 Å².